The molecule has 182 valence electrons. The molecule has 7 heteroatoms. The highest BCUT2D eigenvalue weighted by molar-refractivity contribution is 5.96. The largest absolute Gasteiger partial charge is 0.324 e. The van der Waals surface area contributed by atoms with E-state index in [9.17, 15) is 4.79 Å². The summed E-state index contributed by atoms with van der Waals surface area (Å²) in [6.07, 6.45) is 12.7. The van der Waals surface area contributed by atoms with Gasteiger partial charge in [0.05, 0.1) is 11.7 Å². The molecule has 1 saturated carbocycles. The number of aryl methyl sites for hydroxylation is 1. The number of carbonyl (C=O) groups excluding carboxylic acids is 1. The van der Waals surface area contributed by atoms with Gasteiger partial charge in [0, 0.05) is 36.3 Å². The van der Waals surface area contributed by atoms with Crippen molar-refractivity contribution < 1.29 is 4.79 Å². The summed E-state index contributed by atoms with van der Waals surface area (Å²) in [5.41, 5.74) is 4.08. The Labute approximate surface area is 211 Å². The Balaban J connectivity index is 1.33. The monoisotopic (exact) mass is 478 g/mol. The van der Waals surface area contributed by atoms with E-state index in [4.69, 9.17) is 4.98 Å². The van der Waals surface area contributed by atoms with Crippen molar-refractivity contribution in [3.63, 3.8) is 0 Å². The number of hydrogen-bond donors (Lipinski definition) is 1. The molecule has 1 amide bonds. The van der Waals surface area contributed by atoms with Crippen LogP contribution in [0.2, 0.25) is 0 Å². The zero-order valence-corrected chi connectivity index (χ0v) is 20.3. The lowest BCUT2D eigenvalue weighted by molar-refractivity contribution is -0.119. The predicted octanol–water partition coefficient (Wildman–Crippen LogP) is 6.01. The molecule has 2 aliphatic rings. The third-order valence-corrected chi connectivity index (χ3v) is 7.35. The summed E-state index contributed by atoms with van der Waals surface area (Å²) in [7, 11) is 0. The SMILES string of the molecule is O=C1CCc2cnc(Nc3ccc(-n4cccn4)cc3)nc2N1C(c1ccccc1)C1CCCCC1. The van der Waals surface area contributed by atoms with E-state index in [1.807, 2.05) is 58.4 Å². The highest BCUT2D eigenvalue weighted by Gasteiger charge is 2.38. The van der Waals surface area contributed by atoms with E-state index in [0.717, 1.165) is 35.6 Å². The highest BCUT2D eigenvalue weighted by Crippen LogP contribution is 2.43. The maximum Gasteiger partial charge on any atom is 0.229 e. The Morgan fingerprint density at radius 3 is 2.47 bits per heavy atom. The van der Waals surface area contributed by atoms with Crippen molar-refractivity contribution in [3.8, 4) is 5.69 Å². The number of benzene rings is 2. The number of carbonyl (C=O) groups is 1. The third-order valence-electron chi connectivity index (χ3n) is 7.35. The number of hydrogen-bond acceptors (Lipinski definition) is 5. The molecule has 7 nitrogen and oxygen atoms in total. The third kappa shape index (κ3) is 4.49. The molecular weight excluding hydrogens is 448 g/mol. The highest BCUT2D eigenvalue weighted by atomic mass is 16.2. The van der Waals surface area contributed by atoms with Crippen LogP contribution in [-0.4, -0.2) is 25.7 Å². The van der Waals surface area contributed by atoms with E-state index >= 15 is 0 Å². The fourth-order valence-electron chi connectivity index (χ4n) is 5.59. The molecule has 0 radical (unpaired) electrons. The zero-order chi connectivity index (χ0) is 24.3. The van der Waals surface area contributed by atoms with Gasteiger partial charge in [0.1, 0.15) is 5.82 Å². The maximum atomic E-state index is 13.5. The van der Waals surface area contributed by atoms with E-state index < -0.39 is 0 Å². The first-order valence-electron chi connectivity index (χ1n) is 12.9. The van der Waals surface area contributed by atoms with Crippen molar-refractivity contribution in [3.05, 3.63) is 90.4 Å². The van der Waals surface area contributed by atoms with Crippen LogP contribution < -0.4 is 10.2 Å². The second kappa shape index (κ2) is 9.93. The number of nitrogens with one attached hydrogen (secondary N) is 1. The fourth-order valence-corrected chi connectivity index (χ4v) is 5.59. The topological polar surface area (TPSA) is 75.9 Å². The molecule has 6 rings (SSSR count). The van der Waals surface area contributed by atoms with Crippen molar-refractivity contribution in [2.45, 2.75) is 51.0 Å². The molecule has 1 unspecified atom stereocenters. The Morgan fingerprint density at radius 1 is 0.917 bits per heavy atom. The van der Waals surface area contributed by atoms with Crippen LogP contribution in [0.1, 0.15) is 55.7 Å². The quantitative estimate of drug-likeness (QED) is 0.367. The average Bonchev–Trinajstić information content (AvgIpc) is 3.47. The molecule has 4 aromatic rings. The molecule has 3 heterocycles. The minimum Gasteiger partial charge on any atom is -0.324 e. The normalized spacial score (nSPS) is 17.0. The molecule has 1 aliphatic heterocycles. The smallest absolute Gasteiger partial charge is 0.229 e. The second-order valence-electron chi connectivity index (χ2n) is 9.68. The second-order valence-corrected chi connectivity index (χ2v) is 9.68. The summed E-state index contributed by atoms with van der Waals surface area (Å²) in [6, 6.07) is 20.3. The minimum absolute atomic E-state index is 0.00541. The minimum atomic E-state index is -0.00541. The van der Waals surface area contributed by atoms with Crippen molar-refractivity contribution in [1.29, 1.82) is 0 Å². The molecular formula is C29H30N6O. The summed E-state index contributed by atoms with van der Waals surface area (Å²) in [6.45, 7) is 0. The maximum absolute atomic E-state index is 13.5. The van der Waals surface area contributed by atoms with Gasteiger partial charge in [0.2, 0.25) is 11.9 Å². The van der Waals surface area contributed by atoms with Gasteiger partial charge in [0.25, 0.3) is 0 Å². The first kappa shape index (κ1) is 22.5. The first-order chi connectivity index (χ1) is 17.8. The Kier molecular flexibility index (Phi) is 6.20. The van der Waals surface area contributed by atoms with Gasteiger partial charge in [-0.3, -0.25) is 9.69 Å². The standard InChI is InChI=1S/C29H30N6O/c36-26-17-12-23-20-30-29(32-24-13-15-25(16-14-24)34-19-7-18-31-34)33-28(23)35(26)27(21-8-3-1-4-9-21)22-10-5-2-6-11-22/h1,3-4,7-9,13-16,18-20,22,27H,2,5-6,10-12,17H2,(H,30,32,33). The van der Waals surface area contributed by atoms with Gasteiger partial charge in [-0.25, -0.2) is 9.67 Å². The van der Waals surface area contributed by atoms with Gasteiger partial charge in [-0.1, -0.05) is 49.6 Å². The van der Waals surface area contributed by atoms with Crippen LogP contribution in [0.15, 0.2) is 79.3 Å². The van der Waals surface area contributed by atoms with Crippen LogP contribution in [-0.2, 0) is 11.2 Å². The van der Waals surface area contributed by atoms with Crippen molar-refractivity contribution in [2.75, 3.05) is 10.2 Å². The van der Waals surface area contributed by atoms with Gasteiger partial charge in [-0.15, -0.1) is 0 Å². The number of aromatic nitrogens is 4. The van der Waals surface area contributed by atoms with E-state index in [2.05, 4.69) is 39.7 Å². The molecule has 1 atom stereocenters. The predicted molar refractivity (Wildman–Crippen MR) is 140 cm³/mol. The Hall–Kier alpha value is -4.00. The van der Waals surface area contributed by atoms with Crippen LogP contribution in [0.25, 0.3) is 5.69 Å². The van der Waals surface area contributed by atoms with Crippen LogP contribution in [0.5, 0.6) is 0 Å². The number of rotatable bonds is 6. The van der Waals surface area contributed by atoms with Crippen LogP contribution in [0.4, 0.5) is 17.5 Å². The molecule has 1 fully saturated rings. The van der Waals surface area contributed by atoms with Crippen LogP contribution in [0.3, 0.4) is 0 Å². The van der Waals surface area contributed by atoms with Crippen molar-refractivity contribution >= 4 is 23.4 Å². The summed E-state index contributed by atoms with van der Waals surface area (Å²) in [4.78, 5) is 25.0. The van der Waals surface area contributed by atoms with Gasteiger partial charge in [-0.2, -0.15) is 10.1 Å². The summed E-state index contributed by atoms with van der Waals surface area (Å²) in [5, 5.41) is 7.61. The molecule has 2 aromatic carbocycles. The average molecular weight is 479 g/mol. The van der Waals surface area contributed by atoms with E-state index in [1.165, 1.54) is 24.8 Å². The molecule has 0 saturated heterocycles. The molecule has 0 spiro atoms. The Bertz CT molecular complexity index is 1310. The summed E-state index contributed by atoms with van der Waals surface area (Å²) >= 11 is 0. The van der Waals surface area contributed by atoms with E-state index in [0.29, 0.717) is 24.7 Å². The van der Waals surface area contributed by atoms with Gasteiger partial charge in [0.15, 0.2) is 0 Å². The molecule has 0 bridgehead atoms. The van der Waals surface area contributed by atoms with Crippen molar-refractivity contribution in [1.82, 2.24) is 19.7 Å². The lowest BCUT2D eigenvalue weighted by Gasteiger charge is -2.41. The van der Waals surface area contributed by atoms with Crippen LogP contribution in [0, 0.1) is 5.92 Å². The van der Waals surface area contributed by atoms with Crippen molar-refractivity contribution in [2.24, 2.45) is 5.92 Å². The molecule has 36 heavy (non-hydrogen) atoms. The number of anilines is 3. The lowest BCUT2D eigenvalue weighted by atomic mass is 9.79. The zero-order valence-electron chi connectivity index (χ0n) is 20.3. The number of fused-ring (bicyclic) bond motifs is 1. The Morgan fingerprint density at radius 2 is 1.72 bits per heavy atom. The van der Waals surface area contributed by atoms with Gasteiger partial charge < -0.3 is 5.32 Å². The van der Waals surface area contributed by atoms with E-state index in [1.54, 1.807) is 6.20 Å². The van der Waals surface area contributed by atoms with Crippen LogP contribution >= 0.6 is 0 Å². The first-order valence-corrected chi connectivity index (χ1v) is 12.9. The molecule has 1 N–H and O–H groups in total. The van der Waals surface area contributed by atoms with Gasteiger partial charge >= 0.3 is 0 Å². The lowest BCUT2D eigenvalue weighted by Crippen LogP contribution is -2.42. The molecule has 1 aliphatic carbocycles. The number of amides is 1. The molecule has 2 aromatic heterocycles. The summed E-state index contributed by atoms with van der Waals surface area (Å²) in [5.74, 6) is 1.82. The fraction of sp³-hybridized carbons (Fsp3) is 0.310. The number of nitrogens with zero attached hydrogens (tertiary/aromatic N) is 5. The van der Waals surface area contributed by atoms with E-state index in [-0.39, 0.29) is 11.9 Å². The van der Waals surface area contributed by atoms with Gasteiger partial charge in [-0.05, 0) is 61.1 Å². The summed E-state index contributed by atoms with van der Waals surface area (Å²) < 4.78 is 1.82.